The Bertz CT molecular complexity index is 1870. The second-order valence-electron chi connectivity index (χ2n) is 11.0. The van der Waals surface area contributed by atoms with Crippen molar-refractivity contribution in [1.82, 2.24) is 39.3 Å². The lowest BCUT2D eigenvalue weighted by molar-refractivity contribution is 0.0383. The summed E-state index contributed by atoms with van der Waals surface area (Å²) in [5.74, 6) is 0.281. The van der Waals surface area contributed by atoms with Crippen LogP contribution in [0.1, 0.15) is 10.4 Å². The Hall–Kier alpha value is -4.38. The van der Waals surface area contributed by atoms with Crippen molar-refractivity contribution in [1.29, 1.82) is 0 Å². The number of hydrogen-bond acceptors (Lipinski definition) is 12. The highest BCUT2D eigenvalue weighted by molar-refractivity contribution is 7.17. The van der Waals surface area contributed by atoms with E-state index in [9.17, 15) is 9.59 Å². The number of halogens is 1. The Morgan fingerprint density at radius 1 is 1.00 bits per heavy atom. The first-order valence-electron chi connectivity index (χ1n) is 14.9. The summed E-state index contributed by atoms with van der Waals surface area (Å²) < 4.78 is 29.5. The highest BCUT2D eigenvalue weighted by atomic mass is 32.1. The van der Waals surface area contributed by atoms with Crippen LogP contribution in [0.2, 0.25) is 0 Å². The van der Waals surface area contributed by atoms with E-state index >= 15 is 4.39 Å². The number of ether oxygens (including phenoxy) is 1. The lowest BCUT2D eigenvalue weighted by atomic mass is 10.1. The average Bonchev–Trinajstić information content (AvgIpc) is 3.81. The number of nitrogens with zero attached hydrogens (tertiary/aromatic N) is 8. The normalized spacial score (nSPS) is 16.6. The summed E-state index contributed by atoms with van der Waals surface area (Å²) in [7, 11) is 0. The van der Waals surface area contributed by atoms with E-state index in [1.807, 2.05) is 4.90 Å². The predicted molar refractivity (Wildman–Crippen MR) is 167 cm³/mol. The van der Waals surface area contributed by atoms with Crippen molar-refractivity contribution in [3.8, 4) is 11.6 Å². The Kier molecular flexibility index (Phi) is 8.18. The molecule has 6 heterocycles. The molecule has 45 heavy (non-hydrogen) atoms. The molecular weight excluding hydrogens is 603 g/mol. The molecule has 2 saturated heterocycles. The number of rotatable bonds is 9. The molecule has 0 spiro atoms. The number of nitrogen functional groups attached to an aromatic ring is 1. The molecule has 0 atom stereocenters. The van der Waals surface area contributed by atoms with Crippen LogP contribution in [0.5, 0.6) is 0 Å². The molecule has 2 aliphatic heterocycles. The molecule has 0 radical (unpaired) electrons. The van der Waals surface area contributed by atoms with Crippen LogP contribution in [0.15, 0.2) is 45.8 Å². The Balaban J connectivity index is 0.954. The number of carbonyl (C=O) groups excluding carboxylic acids is 1. The molecule has 236 valence electrons. The van der Waals surface area contributed by atoms with Gasteiger partial charge in [0, 0.05) is 71.0 Å². The van der Waals surface area contributed by atoms with Gasteiger partial charge in [-0.15, -0.1) is 5.10 Å². The Morgan fingerprint density at radius 3 is 2.56 bits per heavy atom. The fraction of sp³-hybridized carbons (Fsp3) is 0.414. The van der Waals surface area contributed by atoms with Gasteiger partial charge >= 0.3 is 4.87 Å². The van der Waals surface area contributed by atoms with Gasteiger partial charge in [-0.1, -0.05) is 11.3 Å². The summed E-state index contributed by atoms with van der Waals surface area (Å²) in [4.78, 5) is 40.9. The van der Waals surface area contributed by atoms with Gasteiger partial charge in [0.25, 0.3) is 5.91 Å². The first-order valence-corrected chi connectivity index (χ1v) is 15.7. The lowest BCUT2D eigenvalue weighted by Gasteiger charge is -2.36. The average molecular weight is 637 g/mol. The minimum atomic E-state index is -0.417. The van der Waals surface area contributed by atoms with Crippen LogP contribution in [-0.2, 0) is 11.3 Å². The van der Waals surface area contributed by atoms with E-state index in [-0.39, 0.29) is 16.7 Å². The summed E-state index contributed by atoms with van der Waals surface area (Å²) in [6.07, 6.45) is 1.54. The third kappa shape index (κ3) is 6.01. The second kappa shape index (κ2) is 12.5. The molecule has 2 fully saturated rings. The van der Waals surface area contributed by atoms with Gasteiger partial charge in [0.05, 0.1) is 25.2 Å². The molecule has 0 saturated carbocycles. The summed E-state index contributed by atoms with van der Waals surface area (Å²) in [5, 5.41) is 7.28. The smallest absolute Gasteiger partial charge is 0.309 e. The maximum absolute atomic E-state index is 15.1. The first-order chi connectivity index (χ1) is 21.9. The van der Waals surface area contributed by atoms with E-state index in [2.05, 4.69) is 30.2 Å². The van der Waals surface area contributed by atoms with Crippen molar-refractivity contribution in [3.63, 3.8) is 0 Å². The van der Waals surface area contributed by atoms with E-state index in [1.165, 1.54) is 16.8 Å². The molecule has 0 aliphatic carbocycles. The fourth-order valence-corrected chi connectivity index (χ4v) is 6.68. The van der Waals surface area contributed by atoms with E-state index in [4.69, 9.17) is 14.9 Å². The van der Waals surface area contributed by atoms with Gasteiger partial charge in [0.2, 0.25) is 11.8 Å². The van der Waals surface area contributed by atoms with Crippen molar-refractivity contribution < 1.29 is 18.3 Å². The number of aromatic nitrogens is 5. The largest absolute Gasteiger partial charge is 0.461 e. The molecule has 3 N–H and O–H groups in total. The summed E-state index contributed by atoms with van der Waals surface area (Å²) in [5.41, 5.74) is 7.91. The summed E-state index contributed by atoms with van der Waals surface area (Å²) >= 11 is 1.06. The van der Waals surface area contributed by atoms with Gasteiger partial charge in [0.15, 0.2) is 17.1 Å². The van der Waals surface area contributed by atoms with Gasteiger partial charge in [-0.25, -0.2) is 9.37 Å². The zero-order valence-electron chi connectivity index (χ0n) is 24.5. The maximum Gasteiger partial charge on any atom is 0.309 e. The Morgan fingerprint density at radius 2 is 1.80 bits per heavy atom. The van der Waals surface area contributed by atoms with Gasteiger partial charge in [0.1, 0.15) is 10.5 Å². The molecule has 14 nitrogen and oxygen atoms in total. The number of furan rings is 1. The number of anilines is 2. The molecule has 4 aromatic heterocycles. The number of nitrogens with two attached hydrogens (primary N) is 1. The number of benzene rings is 1. The van der Waals surface area contributed by atoms with Crippen molar-refractivity contribution in [3.05, 3.63) is 57.6 Å². The standard InChI is InChI=1S/C29H33FN10O4S/c30-20-18-19(27(41)32-5-6-36-13-16-43-17-14-36)3-4-21(20)38-10-7-37(8-11-38)9-12-39-25-23(45-29(39)42)26-33-24(22-2-1-15-44-22)35-40(26)28(31)34-25/h1-4,15,18H,5-14,16-17H2,(H2,31,34)(H,32,41). The van der Waals surface area contributed by atoms with Crippen LogP contribution in [-0.4, -0.2) is 112 Å². The maximum atomic E-state index is 15.1. The third-order valence-electron chi connectivity index (χ3n) is 8.24. The van der Waals surface area contributed by atoms with Gasteiger partial charge < -0.3 is 25.1 Å². The zero-order valence-corrected chi connectivity index (χ0v) is 25.3. The molecule has 0 bridgehead atoms. The fourth-order valence-electron chi connectivity index (χ4n) is 5.75. The SMILES string of the molecule is Nc1nc2c(sc(=O)n2CCN2CCN(c3ccc(C(=O)NCCN4CCOCC4)cc3F)CC2)c2nc(-c3ccco3)nn12. The monoisotopic (exact) mass is 636 g/mol. The number of carbonyl (C=O) groups is 1. The highest BCUT2D eigenvalue weighted by Gasteiger charge is 2.23. The van der Waals surface area contributed by atoms with Crippen molar-refractivity contribution >= 4 is 44.9 Å². The number of hydrogen-bond donors (Lipinski definition) is 2. The number of thiazole rings is 1. The number of nitrogens with one attached hydrogen (secondary N) is 1. The summed E-state index contributed by atoms with van der Waals surface area (Å²) in [6.45, 7) is 7.99. The molecule has 0 unspecified atom stereocenters. The molecule has 2 aliphatic rings. The van der Waals surface area contributed by atoms with Crippen LogP contribution in [0.4, 0.5) is 16.0 Å². The van der Waals surface area contributed by atoms with Crippen molar-refractivity contribution in [2.24, 2.45) is 0 Å². The lowest BCUT2D eigenvalue weighted by Crippen LogP contribution is -2.47. The second-order valence-corrected chi connectivity index (χ2v) is 12.0. The summed E-state index contributed by atoms with van der Waals surface area (Å²) in [6, 6.07) is 8.15. The molecule has 5 aromatic rings. The molecule has 1 aromatic carbocycles. The molecule has 1 amide bonds. The number of morpholine rings is 1. The third-order valence-corrected chi connectivity index (χ3v) is 9.20. The highest BCUT2D eigenvalue weighted by Crippen LogP contribution is 2.26. The molecule has 7 rings (SSSR count). The van der Waals surface area contributed by atoms with Crippen LogP contribution >= 0.6 is 11.3 Å². The minimum Gasteiger partial charge on any atom is -0.461 e. The first kappa shape index (κ1) is 29.3. The van der Waals surface area contributed by atoms with Crippen LogP contribution in [0, 0.1) is 5.82 Å². The van der Waals surface area contributed by atoms with Crippen LogP contribution in [0.3, 0.4) is 0 Å². The topological polar surface area (TPSA) is 152 Å². The predicted octanol–water partition coefficient (Wildman–Crippen LogP) is 1.37. The van der Waals surface area contributed by atoms with Crippen molar-refractivity contribution in [2.45, 2.75) is 6.54 Å². The zero-order chi connectivity index (χ0) is 30.9. The Labute approximate surface area is 260 Å². The van der Waals surface area contributed by atoms with E-state index in [1.54, 1.807) is 28.8 Å². The van der Waals surface area contributed by atoms with E-state index in [0.717, 1.165) is 31.0 Å². The number of piperazine rings is 1. The van der Waals surface area contributed by atoms with Crippen LogP contribution < -0.4 is 20.8 Å². The van der Waals surface area contributed by atoms with E-state index in [0.29, 0.717) is 97.9 Å². The van der Waals surface area contributed by atoms with Gasteiger partial charge in [-0.2, -0.15) is 9.50 Å². The number of amides is 1. The van der Waals surface area contributed by atoms with E-state index < -0.39 is 5.82 Å². The van der Waals surface area contributed by atoms with Crippen molar-refractivity contribution in [2.75, 3.05) is 82.8 Å². The molecule has 16 heteroatoms. The quantitative estimate of drug-likeness (QED) is 0.241. The van der Waals surface area contributed by atoms with Gasteiger partial charge in [-0.05, 0) is 30.3 Å². The number of fused-ring (bicyclic) bond motifs is 3. The minimum absolute atomic E-state index is 0.126. The van der Waals surface area contributed by atoms with Gasteiger partial charge in [-0.3, -0.25) is 24.0 Å². The molecular formula is C29H33FN10O4S. The van der Waals surface area contributed by atoms with Crippen LogP contribution in [0.25, 0.3) is 27.6 Å².